The number of nitrogens with zero attached hydrogens (tertiary/aromatic N) is 2. The van der Waals surface area contributed by atoms with E-state index < -0.39 is 10.0 Å². The molecule has 6 nitrogen and oxygen atoms in total. The van der Waals surface area contributed by atoms with Crippen molar-refractivity contribution in [3.8, 4) is 0 Å². The van der Waals surface area contributed by atoms with E-state index in [-0.39, 0.29) is 0 Å². The standard InChI is InChI=1S/C20H19N3O3S/c24-27(25,13-12-15-6-2-1-3-7-15)23-18-9-5-4-8-17(18)14-19-21-20(22-26-19)16-10-11-16/h1-9,12-13,16,23H,10-11,14H2/b13-12+. The Morgan fingerprint density at radius 1 is 1.07 bits per heavy atom. The van der Waals surface area contributed by atoms with Gasteiger partial charge < -0.3 is 4.52 Å². The number of hydrogen-bond donors (Lipinski definition) is 1. The highest BCUT2D eigenvalue weighted by Crippen LogP contribution is 2.38. The molecule has 27 heavy (non-hydrogen) atoms. The van der Waals surface area contributed by atoms with Crippen molar-refractivity contribution in [2.45, 2.75) is 25.2 Å². The maximum Gasteiger partial charge on any atom is 0.255 e. The molecular formula is C20H19N3O3S. The number of aromatic nitrogens is 2. The minimum Gasteiger partial charge on any atom is -0.339 e. The van der Waals surface area contributed by atoms with E-state index in [1.165, 1.54) is 0 Å². The van der Waals surface area contributed by atoms with Crippen LogP contribution in [0.1, 0.15) is 41.6 Å². The van der Waals surface area contributed by atoms with Gasteiger partial charge in [-0.05, 0) is 36.1 Å². The van der Waals surface area contributed by atoms with Crippen LogP contribution < -0.4 is 4.72 Å². The van der Waals surface area contributed by atoms with Gasteiger partial charge >= 0.3 is 0 Å². The van der Waals surface area contributed by atoms with E-state index in [0.29, 0.717) is 23.9 Å². The Balaban J connectivity index is 1.50. The number of rotatable bonds is 7. The van der Waals surface area contributed by atoms with Crippen LogP contribution in [0.2, 0.25) is 0 Å². The Morgan fingerprint density at radius 2 is 1.81 bits per heavy atom. The van der Waals surface area contributed by atoms with E-state index in [4.69, 9.17) is 4.52 Å². The zero-order chi connectivity index (χ0) is 18.7. The van der Waals surface area contributed by atoms with Gasteiger partial charge in [0.2, 0.25) is 5.89 Å². The summed E-state index contributed by atoms with van der Waals surface area (Å²) in [6.45, 7) is 0. The smallest absolute Gasteiger partial charge is 0.255 e. The molecule has 138 valence electrons. The van der Waals surface area contributed by atoms with Gasteiger partial charge in [0.05, 0.1) is 17.5 Å². The first-order valence-electron chi connectivity index (χ1n) is 8.75. The van der Waals surface area contributed by atoms with Crippen molar-refractivity contribution in [2.24, 2.45) is 0 Å². The SMILES string of the molecule is O=S(=O)(/C=C/c1ccccc1)Nc1ccccc1Cc1nc(C2CC2)no1. The van der Waals surface area contributed by atoms with Crippen LogP contribution in [0.15, 0.2) is 64.5 Å². The van der Waals surface area contributed by atoms with Crippen LogP contribution in [-0.2, 0) is 16.4 Å². The van der Waals surface area contributed by atoms with Gasteiger partial charge in [-0.3, -0.25) is 4.72 Å². The summed E-state index contributed by atoms with van der Waals surface area (Å²) in [4.78, 5) is 4.41. The fourth-order valence-corrected chi connectivity index (χ4v) is 3.61. The maximum absolute atomic E-state index is 12.4. The molecule has 0 atom stereocenters. The van der Waals surface area contributed by atoms with Crippen LogP contribution in [0.5, 0.6) is 0 Å². The second-order valence-corrected chi connectivity index (χ2v) is 8.08. The van der Waals surface area contributed by atoms with Crippen LogP contribution >= 0.6 is 0 Å². The summed E-state index contributed by atoms with van der Waals surface area (Å²) in [6, 6.07) is 16.5. The third kappa shape index (κ3) is 4.62. The van der Waals surface area contributed by atoms with Crippen molar-refractivity contribution in [1.82, 2.24) is 10.1 Å². The van der Waals surface area contributed by atoms with Gasteiger partial charge in [0.25, 0.3) is 10.0 Å². The van der Waals surface area contributed by atoms with Crippen LogP contribution in [0.25, 0.3) is 6.08 Å². The Kier molecular flexibility index (Phi) is 4.77. The minimum absolute atomic E-state index is 0.376. The monoisotopic (exact) mass is 381 g/mol. The lowest BCUT2D eigenvalue weighted by molar-refractivity contribution is 0.379. The zero-order valence-electron chi connectivity index (χ0n) is 14.6. The van der Waals surface area contributed by atoms with Crippen molar-refractivity contribution in [1.29, 1.82) is 0 Å². The highest BCUT2D eigenvalue weighted by atomic mass is 32.2. The molecule has 1 heterocycles. The third-order valence-electron chi connectivity index (χ3n) is 4.28. The lowest BCUT2D eigenvalue weighted by Gasteiger charge is -2.09. The Hall–Kier alpha value is -2.93. The van der Waals surface area contributed by atoms with Gasteiger partial charge in [0.1, 0.15) is 0 Å². The predicted octanol–water partition coefficient (Wildman–Crippen LogP) is 3.95. The van der Waals surface area contributed by atoms with E-state index >= 15 is 0 Å². The molecule has 3 aromatic rings. The summed E-state index contributed by atoms with van der Waals surface area (Å²) < 4.78 is 32.8. The number of benzene rings is 2. The molecule has 1 aliphatic carbocycles. The Labute approximate surface area is 158 Å². The molecule has 7 heteroatoms. The fraction of sp³-hybridized carbons (Fsp3) is 0.200. The topological polar surface area (TPSA) is 85.1 Å². The Morgan fingerprint density at radius 3 is 2.59 bits per heavy atom. The summed E-state index contributed by atoms with van der Waals surface area (Å²) in [5, 5.41) is 5.17. The molecule has 0 unspecified atom stereocenters. The van der Waals surface area contributed by atoms with Crippen molar-refractivity contribution >= 4 is 21.8 Å². The average molecular weight is 381 g/mol. The minimum atomic E-state index is -3.64. The molecule has 0 radical (unpaired) electrons. The van der Waals surface area contributed by atoms with E-state index in [1.54, 1.807) is 18.2 Å². The average Bonchev–Trinajstić information content (AvgIpc) is 3.42. The molecule has 1 saturated carbocycles. The predicted molar refractivity (Wildman–Crippen MR) is 104 cm³/mol. The molecule has 1 N–H and O–H groups in total. The lowest BCUT2D eigenvalue weighted by Crippen LogP contribution is -2.10. The molecule has 1 aliphatic rings. The molecule has 0 amide bonds. The van der Waals surface area contributed by atoms with Gasteiger partial charge in [0.15, 0.2) is 5.82 Å². The molecule has 1 aromatic heterocycles. The largest absolute Gasteiger partial charge is 0.339 e. The molecule has 4 rings (SSSR count). The first-order valence-corrected chi connectivity index (χ1v) is 10.3. The highest BCUT2D eigenvalue weighted by molar-refractivity contribution is 7.95. The van der Waals surface area contributed by atoms with Crippen molar-refractivity contribution in [3.05, 3.63) is 82.8 Å². The summed E-state index contributed by atoms with van der Waals surface area (Å²) in [6.07, 6.45) is 4.14. The molecular weight excluding hydrogens is 362 g/mol. The van der Waals surface area contributed by atoms with Crippen molar-refractivity contribution in [2.75, 3.05) is 4.72 Å². The molecule has 0 bridgehead atoms. The van der Waals surface area contributed by atoms with Gasteiger partial charge in [-0.2, -0.15) is 4.98 Å². The zero-order valence-corrected chi connectivity index (χ0v) is 15.4. The first kappa shape index (κ1) is 17.5. The number of anilines is 1. The summed E-state index contributed by atoms with van der Waals surface area (Å²) >= 11 is 0. The van der Waals surface area contributed by atoms with Gasteiger partial charge in [-0.25, -0.2) is 8.42 Å². The van der Waals surface area contributed by atoms with Crippen LogP contribution in [0.4, 0.5) is 5.69 Å². The van der Waals surface area contributed by atoms with Crippen molar-refractivity contribution < 1.29 is 12.9 Å². The van der Waals surface area contributed by atoms with Crippen LogP contribution in [-0.4, -0.2) is 18.6 Å². The van der Waals surface area contributed by atoms with Crippen LogP contribution in [0, 0.1) is 0 Å². The van der Waals surface area contributed by atoms with E-state index in [9.17, 15) is 8.42 Å². The van der Waals surface area contributed by atoms with Crippen molar-refractivity contribution in [3.63, 3.8) is 0 Å². The van der Waals surface area contributed by atoms with E-state index in [1.807, 2.05) is 42.5 Å². The molecule has 0 spiro atoms. The number of para-hydroxylation sites is 1. The Bertz CT molecular complexity index is 1050. The summed E-state index contributed by atoms with van der Waals surface area (Å²) in [5.41, 5.74) is 2.09. The quantitative estimate of drug-likeness (QED) is 0.670. The van der Waals surface area contributed by atoms with E-state index in [0.717, 1.165) is 35.2 Å². The first-order chi connectivity index (χ1) is 13.1. The number of sulfonamides is 1. The van der Waals surface area contributed by atoms with Gasteiger partial charge in [-0.1, -0.05) is 53.7 Å². The summed E-state index contributed by atoms with van der Waals surface area (Å²) in [7, 11) is -3.64. The molecule has 0 aliphatic heterocycles. The lowest BCUT2D eigenvalue weighted by atomic mass is 10.1. The van der Waals surface area contributed by atoms with Gasteiger partial charge in [0, 0.05) is 5.92 Å². The maximum atomic E-state index is 12.4. The fourth-order valence-electron chi connectivity index (χ4n) is 2.70. The second-order valence-electron chi connectivity index (χ2n) is 6.52. The highest BCUT2D eigenvalue weighted by Gasteiger charge is 2.28. The second kappa shape index (κ2) is 7.36. The third-order valence-corrected chi connectivity index (χ3v) is 5.28. The van der Waals surface area contributed by atoms with Gasteiger partial charge in [-0.15, -0.1) is 0 Å². The molecule has 1 fully saturated rings. The number of hydrogen-bond acceptors (Lipinski definition) is 5. The molecule has 2 aromatic carbocycles. The number of nitrogens with one attached hydrogen (secondary N) is 1. The normalized spacial score (nSPS) is 14.5. The van der Waals surface area contributed by atoms with E-state index in [2.05, 4.69) is 14.9 Å². The molecule has 0 saturated heterocycles. The summed E-state index contributed by atoms with van der Waals surface area (Å²) in [5.74, 6) is 1.65. The van der Waals surface area contributed by atoms with Crippen LogP contribution in [0.3, 0.4) is 0 Å².